The monoisotopic (exact) mass is 254 g/mol. The number of likely N-dealkylation sites (tertiary alicyclic amines) is 1. The number of ether oxygens (including phenoxy) is 1. The third-order valence-electron chi connectivity index (χ3n) is 3.60. The first-order valence-corrected chi connectivity index (χ1v) is 6.51. The molecule has 0 aromatic rings. The maximum Gasteiger partial charge on any atom is 0.208 e. The van der Waals surface area contributed by atoms with E-state index in [1.165, 1.54) is 0 Å². The molecule has 18 heavy (non-hydrogen) atoms. The van der Waals surface area contributed by atoms with Crippen LogP contribution in [-0.4, -0.2) is 47.6 Å². The highest BCUT2D eigenvalue weighted by atomic mass is 16.5. The molecule has 1 N–H and O–H groups in total. The number of hydrogen-bond donors (Lipinski definition) is 1. The van der Waals surface area contributed by atoms with E-state index in [1.54, 1.807) is 0 Å². The van der Waals surface area contributed by atoms with Gasteiger partial charge in [0.1, 0.15) is 6.29 Å². The summed E-state index contributed by atoms with van der Waals surface area (Å²) in [5.74, 6) is 0. The zero-order valence-corrected chi connectivity index (χ0v) is 11.3. The zero-order valence-electron chi connectivity index (χ0n) is 11.3. The van der Waals surface area contributed by atoms with Gasteiger partial charge >= 0.3 is 0 Å². The average molecular weight is 254 g/mol. The predicted molar refractivity (Wildman–Crippen MR) is 67.0 cm³/mol. The van der Waals surface area contributed by atoms with Crippen molar-refractivity contribution in [3.63, 3.8) is 0 Å². The molecule has 2 unspecified atom stereocenters. The molecule has 102 valence electrons. The van der Waals surface area contributed by atoms with E-state index < -0.39 is 0 Å². The Labute approximate surface area is 108 Å². The van der Waals surface area contributed by atoms with Crippen LogP contribution in [0.25, 0.3) is 0 Å². The Balaban J connectivity index is 2.04. The Morgan fingerprint density at radius 3 is 2.44 bits per heavy atom. The van der Waals surface area contributed by atoms with Gasteiger partial charge in [-0.2, -0.15) is 0 Å². The number of carbonyl (C=O) groups is 2. The summed E-state index contributed by atoms with van der Waals surface area (Å²) in [7, 11) is 0. The van der Waals surface area contributed by atoms with Gasteiger partial charge in [0.25, 0.3) is 0 Å². The minimum absolute atomic E-state index is 0.0693. The molecule has 0 bridgehead atoms. The van der Waals surface area contributed by atoms with Crippen molar-refractivity contribution in [2.24, 2.45) is 0 Å². The molecule has 0 aromatic heterocycles. The van der Waals surface area contributed by atoms with E-state index in [1.807, 2.05) is 20.8 Å². The minimum Gasteiger partial charge on any atom is -0.371 e. The zero-order chi connectivity index (χ0) is 13.4. The van der Waals surface area contributed by atoms with E-state index in [-0.39, 0.29) is 23.4 Å². The smallest absolute Gasteiger partial charge is 0.208 e. The van der Waals surface area contributed by atoms with Crippen molar-refractivity contribution >= 4 is 12.7 Å². The highest BCUT2D eigenvalue weighted by molar-refractivity contribution is 5.69. The standard InChI is InChI=1S/C13H22N2O3/c1-12(2,3)18-10-6-11(14-9-17)15(7-10)13(8-16)4-5-13/h8-11H,4-7H2,1-3H3,(H,14,17). The van der Waals surface area contributed by atoms with Gasteiger partial charge in [-0.15, -0.1) is 0 Å². The Bertz CT molecular complexity index is 334. The number of nitrogens with one attached hydrogen (secondary N) is 1. The largest absolute Gasteiger partial charge is 0.371 e. The molecule has 1 amide bonds. The molecular weight excluding hydrogens is 232 g/mol. The van der Waals surface area contributed by atoms with Gasteiger partial charge in [0.2, 0.25) is 6.41 Å². The SMILES string of the molecule is CC(C)(C)OC1CC(NC=O)N(C2(C=O)CC2)C1. The van der Waals surface area contributed by atoms with Gasteiger partial charge in [-0.1, -0.05) is 0 Å². The second-order valence-corrected chi connectivity index (χ2v) is 6.26. The lowest BCUT2D eigenvalue weighted by Crippen LogP contribution is -2.48. The van der Waals surface area contributed by atoms with E-state index in [4.69, 9.17) is 4.74 Å². The molecule has 0 aromatic carbocycles. The van der Waals surface area contributed by atoms with Crippen LogP contribution in [-0.2, 0) is 14.3 Å². The summed E-state index contributed by atoms with van der Waals surface area (Å²) < 4.78 is 5.96. The van der Waals surface area contributed by atoms with Crippen LogP contribution in [0.5, 0.6) is 0 Å². The van der Waals surface area contributed by atoms with Crippen LogP contribution < -0.4 is 5.32 Å². The van der Waals surface area contributed by atoms with Gasteiger partial charge in [0.05, 0.1) is 23.4 Å². The summed E-state index contributed by atoms with van der Waals surface area (Å²) in [5, 5.41) is 2.80. The molecule has 1 aliphatic heterocycles. The second kappa shape index (κ2) is 4.63. The number of carbonyl (C=O) groups excluding carboxylic acids is 2. The van der Waals surface area contributed by atoms with Crippen molar-refractivity contribution in [1.82, 2.24) is 10.2 Å². The summed E-state index contributed by atoms with van der Waals surface area (Å²) in [5.41, 5.74) is -0.555. The second-order valence-electron chi connectivity index (χ2n) is 6.26. The van der Waals surface area contributed by atoms with Crippen molar-refractivity contribution in [1.29, 1.82) is 0 Å². The minimum atomic E-state index is -0.351. The van der Waals surface area contributed by atoms with Crippen molar-refractivity contribution in [3.05, 3.63) is 0 Å². The molecule has 0 radical (unpaired) electrons. The average Bonchev–Trinajstić information content (AvgIpc) is 2.96. The van der Waals surface area contributed by atoms with Crippen molar-refractivity contribution in [3.8, 4) is 0 Å². The van der Waals surface area contributed by atoms with E-state index in [0.29, 0.717) is 13.0 Å². The molecule has 2 rings (SSSR count). The van der Waals surface area contributed by atoms with Gasteiger partial charge in [-0.25, -0.2) is 0 Å². The molecule has 1 saturated carbocycles. The Hall–Kier alpha value is -0.940. The van der Waals surface area contributed by atoms with Crippen molar-refractivity contribution in [2.45, 2.75) is 63.4 Å². The third-order valence-corrected chi connectivity index (χ3v) is 3.60. The van der Waals surface area contributed by atoms with Crippen molar-refractivity contribution < 1.29 is 14.3 Å². The van der Waals surface area contributed by atoms with E-state index in [0.717, 1.165) is 25.5 Å². The molecular formula is C13H22N2O3. The first-order chi connectivity index (χ1) is 8.40. The number of aldehydes is 1. The highest BCUT2D eigenvalue weighted by Gasteiger charge is 2.54. The molecule has 5 heteroatoms. The van der Waals surface area contributed by atoms with Crippen LogP contribution in [0.15, 0.2) is 0 Å². The topological polar surface area (TPSA) is 58.6 Å². The fourth-order valence-corrected chi connectivity index (χ4v) is 2.71. The maximum absolute atomic E-state index is 11.2. The number of hydrogen-bond acceptors (Lipinski definition) is 4. The number of amides is 1. The molecule has 0 spiro atoms. The summed E-state index contributed by atoms with van der Waals surface area (Å²) in [6.45, 7) is 6.76. The molecule has 2 atom stereocenters. The summed E-state index contributed by atoms with van der Waals surface area (Å²) in [6, 6.07) is 0. The molecule has 1 aliphatic carbocycles. The lowest BCUT2D eigenvalue weighted by molar-refractivity contribution is -0.117. The normalized spacial score (nSPS) is 31.1. The fraction of sp³-hybridized carbons (Fsp3) is 0.846. The summed E-state index contributed by atoms with van der Waals surface area (Å²) in [4.78, 5) is 24.0. The molecule has 1 heterocycles. The first kappa shape index (κ1) is 13.5. The van der Waals surface area contributed by atoms with Gasteiger partial charge < -0.3 is 14.8 Å². The first-order valence-electron chi connectivity index (χ1n) is 6.51. The van der Waals surface area contributed by atoms with Gasteiger partial charge in [-0.3, -0.25) is 9.69 Å². The van der Waals surface area contributed by atoms with Crippen LogP contribution >= 0.6 is 0 Å². The van der Waals surface area contributed by atoms with E-state index in [2.05, 4.69) is 10.2 Å². The maximum atomic E-state index is 11.2. The van der Waals surface area contributed by atoms with E-state index in [9.17, 15) is 9.59 Å². The van der Waals surface area contributed by atoms with Crippen molar-refractivity contribution in [2.75, 3.05) is 6.54 Å². The molecule has 5 nitrogen and oxygen atoms in total. The number of rotatable bonds is 5. The van der Waals surface area contributed by atoms with Crippen LogP contribution in [0.3, 0.4) is 0 Å². The highest BCUT2D eigenvalue weighted by Crippen LogP contribution is 2.43. The number of nitrogens with zero attached hydrogens (tertiary/aromatic N) is 1. The van der Waals surface area contributed by atoms with E-state index >= 15 is 0 Å². The van der Waals surface area contributed by atoms with Crippen LogP contribution in [0.4, 0.5) is 0 Å². The van der Waals surface area contributed by atoms with Gasteiger partial charge in [-0.05, 0) is 33.6 Å². The van der Waals surface area contributed by atoms with Gasteiger partial charge in [0.15, 0.2) is 0 Å². The Kier molecular flexibility index (Phi) is 3.47. The van der Waals surface area contributed by atoms with Crippen LogP contribution in [0.2, 0.25) is 0 Å². The molecule has 2 fully saturated rings. The predicted octanol–water partition coefficient (Wildman–Crippen LogP) is 0.679. The summed E-state index contributed by atoms with van der Waals surface area (Å²) in [6.07, 6.45) is 4.23. The Morgan fingerprint density at radius 2 is 2.00 bits per heavy atom. The summed E-state index contributed by atoms with van der Waals surface area (Å²) >= 11 is 0. The molecule has 1 saturated heterocycles. The van der Waals surface area contributed by atoms with Gasteiger partial charge in [0, 0.05) is 13.0 Å². The van der Waals surface area contributed by atoms with Crippen LogP contribution in [0, 0.1) is 0 Å². The lowest BCUT2D eigenvalue weighted by atomic mass is 10.1. The lowest BCUT2D eigenvalue weighted by Gasteiger charge is -2.29. The Morgan fingerprint density at radius 1 is 1.33 bits per heavy atom. The fourth-order valence-electron chi connectivity index (χ4n) is 2.71. The van der Waals surface area contributed by atoms with Crippen LogP contribution in [0.1, 0.15) is 40.0 Å². The third kappa shape index (κ3) is 2.72. The molecule has 2 aliphatic rings. The quantitative estimate of drug-likeness (QED) is 0.733.